The minimum atomic E-state index is -0.816. The van der Waals surface area contributed by atoms with Gasteiger partial charge in [0.15, 0.2) is 6.10 Å². The summed E-state index contributed by atoms with van der Waals surface area (Å²) in [4.78, 5) is 38.1. The first-order valence-electron chi connectivity index (χ1n) is 29.8. The van der Waals surface area contributed by atoms with Gasteiger partial charge in [0.05, 0.1) is 0 Å². The monoisotopic (exact) mass is 1020 g/mol. The van der Waals surface area contributed by atoms with Crippen molar-refractivity contribution in [1.82, 2.24) is 0 Å². The highest BCUT2D eigenvalue weighted by atomic mass is 16.6. The fourth-order valence-electron chi connectivity index (χ4n) is 7.69. The Hall–Kier alpha value is -4.71. The molecule has 0 amide bonds. The number of allylic oxidation sites excluding steroid dienone is 24. The van der Waals surface area contributed by atoms with E-state index in [0.29, 0.717) is 19.3 Å². The molecular weight excluding hydrogens is 913 g/mol. The molecule has 6 heteroatoms. The first-order chi connectivity index (χ1) is 36.5. The minimum absolute atomic E-state index is 0.107. The van der Waals surface area contributed by atoms with Gasteiger partial charge in [-0.25, -0.2) is 0 Å². The van der Waals surface area contributed by atoms with Gasteiger partial charge < -0.3 is 14.2 Å². The lowest BCUT2D eigenvalue weighted by Gasteiger charge is -2.18. The molecule has 0 aliphatic heterocycles. The summed E-state index contributed by atoms with van der Waals surface area (Å²) < 4.78 is 16.8. The van der Waals surface area contributed by atoms with Gasteiger partial charge in [-0.1, -0.05) is 256 Å². The zero-order valence-corrected chi connectivity index (χ0v) is 47.5. The molecule has 416 valence electrons. The van der Waals surface area contributed by atoms with Crippen molar-refractivity contribution < 1.29 is 28.6 Å². The van der Waals surface area contributed by atoms with Crippen molar-refractivity contribution in [1.29, 1.82) is 0 Å². The highest BCUT2D eigenvalue weighted by molar-refractivity contribution is 5.71. The van der Waals surface area contributed by atoms with Crippen molar-refractivity contribution in [2.24, 2.45) is 0 Å². The van der Waals surface area contributed by atoms with Crippen LogP contribution in [0, 0.1) is 0 Å². The number of carbonyl (C=O) groups excluding carboxylic acids is 3. The molecule has 0 fully saturated rings. The van der Waals surface area contributed by atoms with Gasteiger partial charge in [0.2, 0.25) is 0 Å². The summed E-state index contributed by atoms with van der Waals surface area (Å²) in [6.45, 7) is 6.33. The van der Waals surface area contributed by atoms with Gasteiger partial charge in [-0.2, -0.15) is 0 Å². The Labute approximate surface area is 455 Å². The predicted molar refractivity (Wildman–Crippen MR) is 320 cm³/mol. The molecule has 0 aliphatic carbocycles. The van der Waals surface area contributed by atoms with Gasteiger partial charge in [-0.05, 0) is 116 Å². The zero-order chi connectivity index (χ0) is 53.6. The van der Waals surface area contributed by atoms with Crippen molar-refractivity contribution in [2.75, 3.05) is 13.2 Å². The number of ether oxygens (including phenoxy) is 3. The SMILES string of the molecule is CC/C=C\C/C=C\C/C=C\C/C=C\C/C=C\C/C=C\C/C=C\CCCCCCCCCC(=O)OCC(COC(=O)CCCCCCCCCCCC)OC(=O)CCC/C=C\C/C=C\C/C=C\C/C=C\C/C=C\CC. The smallest absolute Gasteiger partial charge is 0.306 e. The maximum atomic E-state index is 12.8. The maximum Gasteiger partial charge on any atom is 0.306 e. The van der Waals surface area contributed by atoms with Crippen LogP contribution in [-0.2, 0) is 28.6 Å². The summed E-state index contributed by atoms with van der Waals surface area (Å²) in [5.41, 5.74) is 0. The molecule has 1 unspecified atom stereocenters. The molecule has 0 rings (SSSR count). The van der Waals surface area contributed by atoms with E-state index >= 15 is 0 Å². The second kappa shape index (κ2) is 60.8. The molecule has 6 nitrogen and oxygen atoms in total. The van der Waals surface area contributed by atoms with Crippen molar-refractivity contribution in [2.45, 2.75) is 252 Å². The molecule has 0 spiro atoms. The topological polar surface area (TPSA) is 78.9 Å². The number of hydrogen-bond donors (Lipinski definition) is 0. The minimum Gasteiger partial charge on any atom is -0.462 e. The van der Waals surface area contributed by atoms with E-state index in [0.717, 1.165) is 128 Å². The first kappa shape index (κ1) is 69.3. The summed E-state index contributed by atoms with van der Waals surface area (Å²) in [6.07, 6.45) is 87.1. The molecule has 1 atom stereocenters. The van der Waals surface area contributed by atoms with Crippen LogP contribution in [0.5, 0.6) is 0 Å². The van der Waals surface area contributed by atoms with E-state index in [-0.39, 0.29) is 37.5 Å². The van der Waals surface area contributed by atoms with Gasteiger partial charge in [-0.15, -0.1) is 0 Å². The van der Waals surface area contributed by atoms with Gasteiger partial charge in [0.25, 0.3) is 0 Å². The summed E-state index contributed by atoms with van der Waals surface area (Å²) in [7, 11) is 0. The third-order valence-corrected chi connectivity index (χ3v) is 12.1. The van der Waals surface area contributed by atoms with Crippen molar-refractivity contribution in [3.63, 3.8) is 0 Å². The molecule has 0 aromatic rings. The lowest BCUT2D eigenvalue weighted by atomic mass is 10.1. The fourth-order valence-corrected chi connectivity index (χ4v) is 7.69. The molecule has 0 aromatic carbocycles. The fraction of sp³-hybridized carbons (Fsp3) is 0.603. The van der Waals surface area contributed by atoms with Crippen LogP contribution in [0.4, 0.5) is 0 Å². The number of rotatable bonds is 52. The largest absolute Gasteiger partial charge is 0.462 e. The van der Waals surface area contributed by atoms with Crippen LogP contribution in [-0.4, -0.2) is 37.2 Å². The van der Waals surface area contributed by atoms with E-state index in [9.17, 15) is 14.4 Å². The van der Waals surface area contributed by atoms with Crippen LogP contribution >= 0.6 is 0 Å². The predicted octanol–water partition coefficient (Wildman–Crippen LogP) is 20.4. The number of hydrogen-bond acceptors (Lipinski definition) is 6. The average Bonchev–Trinajstić information content (AvgIpc) is 3.40. The molecule has 0 heterocycles. The second-order valence-electron chi connectivity index (χ2n) is 19.1. The van der Waals surface area contributed by atoms with Crippen molar-refractivity contribution in [3.8, 4) is 0 Å². The van der Waals surface area contributed by atoms with E-state index in [1.807, 2.05) is 0 Å². The highest BCUT2D eigenvalue weighted by Gasteiger charge is 2.19. The van der Waals surface area contributed by atoms with Crippen LogP contribution in [0.1, 0.15) is 245 Å². The lowest BCUT2D eigenvalue weighted by Crippen LogP contribution is -2.30. The molecule has 0 aromatic heterocycles. The molecule has 0 saturated carbocycles. The molecule has 0 saturated heterocycles. The quantitative estimate of drug-likeness (QED) is 0.0261. The molecule has 0 bridgehead atoms. The lowest BCUT2D eigenvalue weighted by molar-refractivity contribution is -0.167. The summed E-state index contributed by atoms with van der Waals surface area (Å²) in [5, 5.41) is 0. The summed E-state index contributed by atoms with van der Waals surface area (Å²) in [5.74, 6) is -0.985. The maximum absolute atomic E-state index is 12.8. The van der Waals surface area contributed by atoms with Gasteiger partial charge in [0, 0.05) is 19.3 Å². The molecule has 0 aliphatic rings. The van der Waals surface area contributed by atoms with E-state index in [4.69, 9.17) is 14.2 Å². The van der Waals surface area contributed by atoms with Gasteiger partial charge in [-0.3, -0.25) is 14.4 Å². The summed E-state index contributed by atoms with van der Waals surface area (Å²) in [6, 6.07) is 0. The number of carbonyl (C=O) groups is 3. The van der Waals surface area contributed by atoms with Crippen molar-refractivity contribution >= 4 is 17.9 Å². The van der Waals surface area contributed by atoms with Gasteiger partial charge in [0.1, 0.15) is 13.2 Å². The van der Waals surface area contributed by atoms with Crippen LogP contribution < -0.4 is 0 Å². The first-order valence-corrected chi connectivity index (χ1v) is 29.8. The third-order valence-electron chi connectivity index (χ3n) is 12.1. The zero-order valence-electron chi connectivity index (χ0n) is 47.5. The Kier molecular flexibility index (Phi) is 57.0. The molecule has 0 N–H and O–H groups in total. The standard InChI is InChI=1S/C68H108O6/c1-4-7-10-13-16-19-22-24-26-28-29-30-31-32-33-34-35-36-37-38-39-41-42-44-46-49-52-55-58-61-67(70)73-64-65(63-72-66(69)60-57-54-51-48-21-18-15-12-9-6-3)74-68(71)62-59-56-53-50-47-45-43-40-27-25-23-20-17-14-11-8-5-2/h7-8,10-11,16-17,19-20,24-27,29-30,32-33,35-36,38-39,43,45,50,53,65H,4-6,9,12-15,18,21-23,28,31,34,37,40-42,44,46-49,51-52,54-64H2,1-3H3/b10-7-,11-8-,19-16-,20-17-,26-24-,27-25-,30-29-,33-32-,36-35-,39-38-,45-43-,53-50-. The van der Waals surface area contributed by atoms with Crippen LogP contribution in [0.2, 0.25) is 0 Å². The number of unbranched alkanes of at least 4 members (excludes halogenated alkanes) is 17. The van der Waals surface area contributed by atoms with E-state index in [1.165, 1.54) is 70.6 Å². The molecular formula is C68H108O6. The number of esters is 3. The second-order valence-corrected chi connectivity index (χ2v) is 19.1. The van der Waals surface area contributed by atoms with E-state index in [2.05, 4.69) is 167 Å². The Morgan fingerprint density at radius 1 is 0.284 bits per heavy atom. The van der Waals surface area contributed by atoms with Gasteiger partial charge >= 0.3 is 17.9 Å². The Morgan fingerprint density at radius 3 is 0.865 bits per heavy atom. The molecule has 74 heavy (non-hydrogen) atoms. The average molecular weight is 1020 g/mol. The third kappa shape index (κ3) is 58.2. The van der Waals surface area contributed by atoms with Crippen LogP contribution in [0.15, 0.2) is 146 Å². The highest BCUT2D eigenvalue weighted by Crippen LogP contribution is 2.14. The van der Waals surface area contributed by atoms with Crippen molar-refractivity contribution in [3.05, 3.63) is 146 Å². The Bertz CT molecular complexity index is 1640. The Balaban J connectivity index is 4.36. The van der Waals surface area contributed by atoms with Crippen LogP contribution in [0.25, 0.3) is 0 Å². The summed E-state index contributed by atoms with van der Waals surface area (Å²) >= 11 is 0. The van der Waals surface area contributed by atoms with E-state index < -0.39 is 6.10 Å². The molecule has 0 radical (unpaired) electrons. The Morgan fingerprint density at radius 2 is 0.541 bits per heavy atom. The van der Waals surface area contributed by atoms with Crippen LogP contribution in [0.3, 0.4) is 0 Å². The normalized spacial score (nSPS) is 13.2. The van der Waals surface area contributed by atoms with E-state index in [1.54, 1.807) is 0 Å².